The van der Waals surface area contributed by atoms with Crippen LogP contribution in [0.1, 0.15) is 17.4 Å². The number of carbonyl (C=O) groups excluding carboxylic acids is 1. The monoisotopic (exact) mass is 375 g/mol. The summed E-state index contributed by atoms with van der Waals surface area (Å²) < 4.78 is 6.89. The highest BCUT2D eigenvalue weighted by Crippen LogP contribution is 2.34. The van der Waals surface area contributed by atoms with Crippen molar-refractivity contribution in [3.63, 3.8) is 0 Å². The quantitative estimate of drug-likeness (QED) is 0.468. The van der Waals surface area contributed by atoms with E-state index in [1.807, 2.05) is 71.5 Å². The van der Waals surface area contributed by atoms with Gasteiger partial charge in [-0.05, 0) is 19.1 Å². The Balaban J connectivity index is 1.82. The van der Waals surface area contributed by atoms with E-state index in [1.54, 1.807) is 12.3 Å². The minimum absolute atomic E-state index is 0.323. The number of rotatable bonds is 5. The van der Waals surface area contributed by atoms with Crippen molar-refractivity contribution in [2.45, 2.75) is 6.92 Å². The molecule has 0 radical (unpaired) electrons. The highest BCUT2D eigenvalue weighted by atomic mass is 32.1. The number of hydrogen-bond donors (Lipinski definition) is 0. The molecule has 0 saturated carbocycles. The molecule has 6 heteroatoms. The van der Waals surface area contributed by atoms with Gasteiger partial charge < -0.3 is 4.74 Å². The maximum Gasteiger partial charge on any atom is 0.357 e. The Hall–Kier alpha value is -3.25. The van der Waals surface area contributed by atoms with Crippen LogP contribution >= 0.6 is 11.3 Å². The van der Waals surface area contributed by atoms with Gasteiger partial charge in [0.05, 0.1) is 17.9 Å². The number of nitrogens with zero attached hydrogens (tertiary/aromatic N) is 3. The summed E-state index contributed by atoms with van der Waals surface area (Å²) >= 11 is 1.41. The Kier molecular flexibility index (Phi) is 4.80. The third-order valence-corrected chi connectivity index (χ3v) is 4.88. The van der Waals surface area contributed by atoms with Gasteiger partial charge in [0.2, 0.25) is 0 Å². The van der Waals surface area contributed by atoms with Crippen molar-refractivity contribution in [3.8, 4) is 27.5 Å². The molecule has 4 rings (SSSR count). The minimum atomic E-state index is -0.406. The van der Waals surface area contributed by atoms with Crippen molar-refractivity contribution in [2.75, 3.05) is 6.61 Å². The maximum atomic E-state index is 12.0. The normalized spacial score (nSPS) is 10.7. The molecular formula is C21H17N3O2S. The first-order chi connectivity index (χ1) is 13.3. The molecule has 0 unspecified atom stereocenters. The van der Waals surface area contributed by atoms with Gasteiger partial charge in [-0.2, -0.15) is 5.10 Å². The number of hydrogen-bond acceptors (Lipinski definition) is 5. The smallest absolute Gasteiger partial charge is 0.357 e. The third kappa shape index (κ3) is 3.52. The van der Waals surface area contributed by atoms with E-state index in [2.05, 4.69) is 4.98 Å². The standard InChI is InChI=1S/C21H17N3O2S/c1-2-26-21(25)18-14-27-20(22-18)17-13-24(16-11-7-4-8-12-16)23-19(17)15-9-5-3-6-10-15/h3-14H,2H2,1H3. The lowest BCUT2D eigenvalue weighted by Crippen LogP contribution is -2.04. The molecule has 0 aliphatic rings. The molecule has 134 valence electrons. The van der Waals surface area contributed by atoms with Crippen molar-refractivity contribution >= 4 is 17.3 Å². The fraction of sp³-hybridized carbons (Fsp3) is 0.0952. The predicted molar refractivity (Wildman–Crippen MR) is 106 cm³/mol. The van der Waals surface area contributed by atoms with Crippen LogP contribution in [0.15, 0.2) is 72.2 Å². The van der Waals surface area contributed by atoms with Gasteiger partial charge in [-0.25, -0.2) is 14.5 Å². The molecule has 0 spiro atoms. The first-order valence-electron chi connectivity index (χ1n) is 8.60. The number of para-hydroxylation sites is 1. The average Bonchev–Trinajstić information content (AvgIpc) is 3.37. The van der Waals surface area contributed by atoms with Gasteiger partial charge in [0.25, 0.3) is 0 Å². The first-order valence-corrected chi connectivity index (χ1v) is 9.47. The van der Waals surface area contributed by atoms with Crippen LogP contribution in [-0.4, -0.2) is 27.3 Å². The van der Waals surface area contributed by atoms with Crippen LogP contribution in [0.5, 0.6) is 0 Å². The van der Waals surface area contributed by atoms with E-state index in [-0.39, 0.29) is 0 Å². The van der Waals surface area contributed by atoms with Gasteiger partial charge in [-0.15, -0.1) is 11.3 Å². The first kappa shape index (κ1) is 17.2. The predicted octanol–water partition coefficient (Wildman–Crippen LogP) is 4.84. The van der Waals surface area contributed by atoms with Crippen LogP contribution in [0.4, 0.5) is 0 Å². The molecule has 0 bridgehead atoms. The van der Waals surface area contributed by atoms with Crippen molar-refractivity contribution in [2.24, 2.45) is 0 Å². The molecule has 0 fully saturated rings. The molecule has 2 aromatic heterocycles. The van der Waals surface area contributed by atoms with Crippen molar-refractivity contribution < 1.29 is 9.53 Å². The van der Waals surface area contributed by atoms with Crippen molar-refractivity contribution in [1.82, 2.24) is 14.8 Å². The largest absolute Gasteiger partial charge is 0.461 e. The topological polar surface area (TPSA) is 57.0 Å². The number of ether oxygens (including phenoxy) is 1. The van der Waals surface area contributed by atoms with E-state index in [4.69, 9.17) is 9.84 Å². The Morgan fingerprint density at radius 1 is 1.07 bits per heavy atom. The van der Waals surface area contributed by atoms with Crippen LogP contribution in [-0.2, 0) is 4.74 Å². The van der Waals surface area contributed by atoms with E-state index < -0.39 is 5.97 Å². The van der Waals surface area contributed by atoms with Crippen LogP contribution in [0.25, 0.3) is 27.5 Å². The second-order valence-corrected chi connectivity index (χ2v) is 6.65. The summed E-state index contributed by atoms with van der Waals surface area (Å²) in [5.41, 5.74) is 3.98. The summed E-state index contributed by atoms with van der Waals surface area (Å²) in [4.78, 5) is 16.5. The van der Waals surface area contributed by atoms with Gasteiger partial charge in [-0.1, -0.05) is 48.5 Å². The van der Waals surface area contributed by atoms with Crippen LogP contribution in [0.3, 0.4) is 0 Å². The number of aromatic nitrogens is 3. The van der Waals surface area contributed by atoms with Crippen LogP contribution in [0.2, 0.25) is 0 Å². The maximum absolute atomic E-state index is 12.0. The van der Waals surface area contributed by atoms with Gasteiger partial charge in [0.1, 0.15) is 10.7 Å². The van der Waals surface area contributed by atoms with E-state index in [0.29, 0.717) is 12.3 Å². The number of esters is 1. The second-order valence-electron chi connectivity index (χ2n) is 5.80. The van der Waals surface area contributed by atoms with Crippen LogP contribution < -0.4 is 0 Å². The Labute approximate surface area is 160 Å². The molecular weight excluding hydrogens is 358 g/mol. The molecule has 0 atom stereocenters. The zero-order valence-corrected chi connectivity index (χ0v) is 15.5. The average molecular weight is 375 g/mol. The molecule has 0 aliphatic carbocycles. The molecule has 5 nitrogen and oxygen atoms in total. The molecule has 0 amide bonds. The lowest BCUT2D eigenvalue weighted by Gasteiger charge is -2.00. The Morgan fingerprint density at radius 3 is 2.48 bits per heavy atom. The molecule has 0 N–H and O–H groups in total. The summed E-state index contributed by atoms with van der Waals surface area (Å²) in [7, 11) is 0. The zero-order valence-electron chi connectivity index (χ0n) is 14.7. The van der Waals surface area contributed by atoms with Gasteiger partial charge in [0.15, 0.2) is 5.69 Å². The summed E-state index contributed by atoms with van der Waals surface area (Å²) in [5, 5.41) is 7.24. The SMILES string of the molecule is CCOC(=O)c1csc(-c2cn(-c3ccccc3)nc2-c2ccccc2)n1. The second kappa shape index (κ2) is 7.55. The molecule has 27 heavy (non-hydrogen) atoms. The minimum Gasteiger partial charge on any atom is -0.461 e. The summed E-state index contributed by atoms with van der Waals surface area (Å²) in [5.74, 6) is -0.406. The summed E-state index contributed by atoms with van der Waals surface area (Å²) in [6, 6.07) is 19.9. The molecule has 2 heterocycles. The molecule has 0 saturated heterocycles. The molecule has 4 aromatic rings. The van der Waals surface area contributed by atoms with E-state index in [9.17, 15) is 4.79 Å². The van der Waals surface area contributed by atoms with Crippen LogP contribution in [0, 0.1) is 0 Å². The number of thiazole rings is 1. The third-order valence-electron chi connectivity index (χ3n) is 4.00. The van der Waals surface area contributed by atoms with Crippen molar-refractivity contribution in [1.29, 1.82) is 0 Å². The fourth-order valence-corrected chi connectivity index (χ4v) is 3.55. The van der Waals surface area contributed by atoms with E-state index in [0.717, 1.165) is 27.5 Å². The fourth-order valence-electron chi connectivity index (χ4n) is 2.75. The van der Waals surface area contributed by atoms with E-state index >= 15 is 0 Å². The van der Waals surface area contributed by atoms with Crippen molar-refractivity contribution in [3.05, 3.63) is 77.9 Å². The zero-order chi connectivity index (χ0) is 18.6. The highest BCUT2D eigenvalue weighted by Gasteiger charge is 2.19. The molecule has 0 aliphatic heterocycles. The highest BCUT2D eigenvalue weighted by molar-refractivity contribution is 7.13. The lowest BCUT2D eigenvalue weighted by atomic mass is 10.1. The van der Waals surface area contributed by atoms with Gasteiger partial charge >= 0.3 is 5.97 Å². The summed E-state index contributed by atoms with van der Waals surface area (Å²) in [6.45, 7) is 2.11. The number of benzene rings is 2. The Morgan fingerprint density at radius 2 is 1.78 bits per heavy atom. The summed E-state index contributed by atoms with van der Waals surface area (Å²) in [6.07, 6.45) is 1.95. The van der Waals surface area contributed by atoms with E-state index in [1.165, 1.54) is 11.3 Å². The van der Waals surface area contributed by atoms with Gasteiger partial charge in [-0.3, -0.25) is 0 Å². The lowest BCUT2D eigenvalue weighted by molar-refractivity contribution is 0.0520. The molecule has 2 aromatic carbocycles. The van der Waals surface area contributed by atoms with Gasteiger partial charge in [0, 0.05) is 17.1 Å². The number of carbonyl (C=O) groups is 1. The Bertz CT molecular complexity index is 1060.